The summed E-state index contributed by atoms with van der Waals surface area (Å²) in [6, 6.07) is 7.32. The van der Waals surface area contributed by atoms with Gasteiger partial charge in [0.2, 0.25) is 5.91 Å². The van der Waals surface area contributed by atoms with Gasteiger partial charge in [0.25, 0.3) is 0 Å². The van der Waals surface area contributed by atoms with Gasteiger partial charge in [0.05, 0.1) is 18.2 Å². The highest BCUT2D eigenvalue weighted by Gasteiger charge is 2.44. The fourth-order valence-corrected chi connectivity index (χ4v) is 2.76. The minimum atomic E-state index is -4.28. The third-order valence-corrected chi connectivity index (χ3v) is 4.23. The fourth-order valence-electron chi connectivity index (χ4n) is 2.76. The molecule has 26 heavy (non-hydrogen) atoms. The zero-order valence-corrected chi connectivity index (χ0v) is 13.6. The van der Waals surface area contributed by atoms with Gasteiger partial charge in [-0.05, 0) is 30.7 Å². The fraction of sp³-hybridized carbons (Fsp3) is 0.353. The topological polar surface area (TPSA) is 58.1 Å². The van der Waals surface area contributed by atoms with E-state index in [0.29, 0.717) is 17.1 Å². The van der Waals surface area contributed by atoms with E-state index in [1.54, 1.807) is 18.2 Å². The van der Waals surface area contributed by atoms with Crippen LogP contribution in [0.2, 0.25) is 0 Å². The second kappa shape index (κ2) is 7.27. The summed E-state index contributed by atoms with van der Waals surface area (Å²) in [6.45, 7) is -0.381. The molecule has 1 aliphatic heterocycles. The highest BCUT2D eigenvalue weighted by molar-refractivity contribution is 5.81. The van der Waals surface area contributed by atoms with Crippen LogP contribution >= 0.6 is 0 Å². The molecule has 0 spiro atoms. The van der Waals surface area contributed by atoms with E-state index < -0.39 is 18.0 Å². The number of hydrogen-bond acceptors (Lipinski definition) is 4. The number of halogens is 4. The molecular formula is C17H16F4N4O. The third-order valence-electron chi connectivity index (χ3n) is 4.23. The Morgan fingerprint density at radius 1 is 1.23 bits per heavy atom. The first kappa shape index (κ1) is 18.1. The predicted molar refractivity (Wildman–Crippen MR) is 86.7 cm³/mol. The third kappa shape index (κ3) is 4.27. The van der Waals surface area contributed by atoms with Crippen LogP contribution in [0.5, 0.6) is 0 Å². The lowest BCUT2D eigenvalue weighted by molar-refractivity contribution is -0.170. The molecule has 1 amide bonds. The molecule has 0 bridgehead atoms. The summed E-state index contributed by atoms with van der Waals surface area (Å²) in [7, 11) is 0. The molecule has 138 valence electrons. The van der Waals surface area contributed by atoms with Crippen LogP contribution < -0.4 is 5.32 Å². The van der Waals surface area contributed by atoms with Crippen LogP contribution in [0.1, 0.15) is 6.42 Å². The van der Waals surface area contributed by atoms with Crippen molar-refractivity contribution in [1.82, 2.24) is 14.9 Å². The molecule has 1 fully saturated rings. The molecule has 1 atom stereocenters. The molecule has 0 radical (unpaired) electrons. The number of benzene rings is 1. The summed E-state index contributed by atoms with van der Waals surface area (Å²) in [6.07, 6.45) is -3.06. The molecule has 1 unspecified atom stereocenters. The normalized spacial score (nSPS) is 17.4. The highest BCUT2D eigenvalue weighted by Crippen LogP contribution is 2.33. The lowest BCUT2D eigenvalue weighted by Gasteiger charge is -2.18. The summed E-state index contributed by atoms with van der Waals surface area (Å²) in [5.41, 5.74) is 1.21. The molecule has 9 heteroatoms. The average molecular weight is 368 g/mol. The number of amides is 1. The zero-order valence-electron chi connectivity index (χ0n) is 13.6. The number of rotatable bonds is 4. The molecule has 3 rings (SSSR count). The van der Waals surface area contributed by atoms with E-state index in [4.69, 9.17) is 0 Å². The molecule has 1 N–H and O–H groups in total. The van der Waals surface area contributed by atoms with Gasteiger partial charge in [0, 0.05) is 24.7 Å². The van der Waals surface area contributed by atoms with Gasteiger partial charge in [0.1, 0.15) is 18.0 Å². The van der Waals surface area contributed by atoms with Crippen molar-refractivity contribution in [3.63, 3.8) is 0 Å². The van der Waals surface area contributed by atoms with E-state index in [0.717, 1.165) is 0 Å². The Labute approximate surface area is 147 Å². The summed E-state index contributed by atoms with van der Waals surface area (Å²) in [5.74, 6) is -1.89. The van der Waals surface area contributed by atoms with Crippen LogP contribution in [0.4, 0.5) is 23.4 Å². The summed E-state index contributed by atoms with van der Waals surface area (Å²) < 4.78 is 51.0. The second-order valence-corrected chi connectivity index (χ2v) is 6.02. The quantitative estimate of drug-likeness (QED) is 0.843. The molecule has 1 aromatic carbocycles. The maximum atomic E-state index is 13.0. The smallest absolute Gasteiger partial charge is 0.361 e. The lowest BCUT2D eigenvalue weighted by atomic mass is 10.1. The van der Waals surface area contributed by atoms with Crippen molar-refractivity contribution in [2.45, 2.75) is 12.6 Å². The summed E-state index contributed by atoms with van der Waals surface area (Å²) >= 11 is 0. The zero-order chi connectivity index (χ0) is 18.7. The minimum absolute atomic E-state index is 0.0720. The van der Waals surface area contributed by atoms with Crippen LogP contribution in [-0.4, -0.2) is 46.6 Å². The van der Waals surface area contributed by atoms with Crippen LogP contribution in [0.25, 0.3) is 11.3 Å². The Kier molecular flexibility index (Phi) is 5.06. The van der Waals surface area contributed by atoms with E-state index in [-0.39, 0.29) is 31.9 Å². The SMILES string of the molecule is O=C(CNc1cc(-c2ccc(F)cc2)ncn1)N1CCC(C(F)(F)F)C1. The first-order chi connectivity index (χ1) is 12.3. The number of hydrogen-bond donors (Lipinski definition) is 1. The van der Waals surface area contributed by atoms with E-state index in [9.17, 15) is 22.4 Å². The van der Waals surface area contributed by atoms with Crippen molar-refractivity contribution < 1.29 is 22.4 Å². The van der Waals surface area contributed by atoms with Crippen LogP contribution in [-0.2, 0) is 4.79 Å². The van der Waals surface area contributed by atoms with Gasteiger partial charge >= 0.3 is 6.18 Å². The van der Waals surface area contributed by atoms with Gasteiger partial charge in [-0.3, -0.25) is 4.79 Å². The van der Waals surface area contributed by atoms with E-state index in [1.165, 1.54) is 23.4 Å². The van der Waals surface area contributed by atoms with Gasteiger partial charge < -0.3 is 10.2 Å². The van der Waals surface area contributed by atoms with Gasteiger partial charge in [-0.25, -0.2) is 14.4 Å². The predicted octanol–water partition coefficient (Wildman–Crippen LogP) is 3.11. The van der Waals surface area contributed by atoms with Gasteiger partial charge in [0.15, 0.2) is 0 Å². The van der Waals surface area contributed by atoms with Crippen molar-refractivity contribution in [2.24, 2.45) is 5.92 Å². The van der Waals surface area contributed by atoms with Crippen LogP contribution in [0.3, 0.4) is 0 Å². The molecule has 1 saturated heterocycles. The minimum Gasteiger partial charge on any atom is -0.361 e. The largest absolute Gasteiger partial charge is 0.393 e. The number of carbonyl (C=O) groups excluding carboxylic acids is 1. The monoisotopic (exact) mass is 368 g/mol. The molecule has 0 saturated carbocycles. The standard InChI is InChI=1S/C17H16F4N4O/c18-13-3-1-11(2-4-13)14-7-15(24-10-23-14)22-8-16(26)25-6-5-12(9-25)17(19,20)21/h1-4,7,10,12H,5-6,8-9H2,(H,22,23,24). The molecule has 2 heterocycles. The molecular weight excluding hydrogens is 352 g/mol. The Morgan fingerprint density at radius 3 is 2.62 bits per heavy atom. The average Bonchev–Trinajstić information content (AvgIpc) is 3.11. The Morgan fingerprint density at radius 2 is 1.96 bits per heavy atom. The number of anilines is 1. The summed E-state index contributed by atoms with van der Waals surface area (Å²) in [4.78, 5) is 21.4. The number of likely N-dealkylation sites (tertiary alicyclic amines) is 1. The van der Waals surface area contributed by atoms with E-state index in [1.807, 2.05) is 0 Å². The number of nitrogens with one attached hydrogen (secondary N) is 1. The number of nitrogens with zero attached hydrogens (tertiary/aromatic N) is 3. The van der Waals surface area contributed by atoms with Crippen LogP contribution in [0.15, 0.2) is 36.7 Å². The van der Waals surface area contributed by atoms with Gasteiger partial charge in [-0.2, -0.15) is 13.2 Å². The van der Waals surface area contributed by atoms with Crippen molar-refractivity contribution in [2.75, 3.05) is 25.0 Å². The Balaban J connectivity index is 1.59. The van der Waals surface area contributed by atoms with Crippen molar-refractivity contribution in [1.29, 1.82) is 0 Å². The molecule has 2 aromatic rings. The van der Waals surface area contributed by atoms with Gasteiger partial charge in [-0.15, -0.1) is 0 Å². The first-order valence-corrected chi connectivity index (χ1v) is 7.99. The van der Waals surface area contributed by atoms with Crippen molar-refractivity contribution in [3.05, 3.63) is 42.5 Å². The van der Waals surface area contributed by atoms with Gasteiger partial charge in [-0.1, -0.05) is 0 Å². The van der Waals surface area contributed by atoms with E-state index in [2.05, 4.69) is 15.3 Å². The van der Waals surface area contributed by atoms with Crippen molar-refractivity contribution in [3.8, 4) is 11.3 Å². The maximum Gasteiger partial charge on any atom is 0.393 e. The Hall–Kier alpha value is -2.71. The number of aromatic nitrogens is 2. The van der Waals surface area contributed by atoms with Crippen molar-refractivity contribution >= 4 is 11.7 Å². The van der Waals surface area contributed by atoms with Crippen LogP contribution in [0, 0.1) is 11.7 Å². The molecule has 1 aliphatic rings. The number of alkyl halides is 3. The number of carbonyl (C=O) groups is 1. The molecule has 1 aromatic heterocycles. The highest BCUT2D eigenvalue weighted by atomic mass is 19.4. The van der Waals surface area contributed by atoms with E-state index >= 15 is 0 Å². The maximum absolute atomic E-state index is 13.0. The first-order valence-electron chi connectivity index (χ1n) is 7.99. The lowest BCUT2D eigenvalue weighted by Crippen LogP contribution is -2.35. The summed E-state index contributed by atoms with van der Waals surface area (Å²) in [5, 5.41) is 2.80. The molecule has 0 aliphatic carbocycles. The Bertz CT molecular complexity index is 779. The molecule has 5 nitrogen and oxygen atoms in total. The second-order valence-electron chi connectivity index (χ2n) is 6.02.